The van der Waals surface area contributed by atoms with Gasteiger partial charge in [0.15, 0.2) is 0 Å². The van der Waals surface area contributed by atoms with E-state index in [2.05, 4.69) is 11.4 Å². The predicted octanol–water partition coefficient (Wildman–Crippen LogP) is 0.0845. The van der Waals surface area contributed by atoms with Gasteiger partial charge in [-0.05, 0) is 13.8 Å². The maximum absolute atomic E-state index is 8.57. The zero-order valence-electron chi connectivity index (χ0n) is 6.65. The summed E-state index contributed by atoms with van der Waals surface area (Å²) < 4.78 is 0. The van der Waals surface area contributed by atoms with Gasteiger partial charge in [0, 0.05) is 19.6 Å². The number of nitrogens with one attached hydrogen (secondary N) is 1. The van der Waals surface area contributed by atoms with Crippen LogP contribution in [0.3, 0.4) is 0 Å². The third kappa shape index (κ3) is 4.30. The normalized spacial score (nSPS) is 11.0. The first kappa shape index (κ1) is 9.41. The van der Waals surface area contributed by atoms with Crippen molar-refractivity contribution in [3.63, 3.8) is 0 Å². The number of nitrogens with two attached hydrogens (primary N) is 1. The second-order valence-electron chi connectivity index (χ2n) is 2.96. The van der Waals surface area contributed by atoms with E-state index in [0.717, 1.165) is 6.54 Å². The lowest BCUT2D eigenvalue weighted by Gasteiger charge is -2.14. The fourth-order valence-corrected chi connectivity index (χ4v) is 0.542. The van der Waals surface area contributed by atoms with Gasteiger partial charge in [0.05, 0.1) is 11.5 Å². The third-order valence-electron chi connectivity index (χ3n) is 1.19. The molecule has 0 radical (unpaired) electrons. The molecule has 0 unspecified atom stereocenters. The van der Waals surface area contributed by atoms with Gasteiger partial charge >= 0.3 is 0 Å². The Kier molecular flexibility index (Phi) is 4.01. The zero-order chi connectivity index (χ0) is 8.04. The van der Waals surface area contributed by atoms with E-state index in [4.69, 9.17) is 11.0 Å². The zero-order valence-corrected chi connectivity index (χ0v) is 6.65. The van der Waals surface area contributed by atoms with E-state index in [1.54, 1.807) is 0 Å². The minimum Gasteiger partial charge on any atom is -0.329 e. The minimum absolute atomic E-state index is 0.269. The average Bonchev–Trinajstić information content (AvgIpc) is 1.89. The summed E-state index contributed by atoms with van der Waals surface area (Å²) in [5, 5.41) is 11.7. The van der Waals surface area contributed by atoms with Crippen molar-refractivity contribution in [2.75, 3.05) is 19.6 Å². The van der Waals surface area contributed by atoms with E-state index in [1.807, 2.05) is 13.8 Å². The van der Waals surface area contributed by atoms with E-state index in [1.165, 1.54) is 0 Å². The monoisotopic (exact) mass is 141 g/mol. The maximum Gasteiger partial charge on any atom is 0.0697 e. The summed E-state index contributed by atoms with van der Waals surface area (Å²) in [6.45, 7) is 5.92. The van der Waals surface area contributed by atoms with Crippen molar-refractivity contribution >= 4 is 0 Å². The van der Waals surface area contributed by atoms with Crippen LogP contribution in [-0.4, -0.2) is 19.6 Å². The van der Waals surface area contributed by atoms with Gasteiger partial charge in [-0.25, -0.2) is 0 Å². The fourth-order valence-electron chi connectivity index (χ4n) is 0.542. The lowest BCUT2D eigenvalue weighted by molar-refractivity contribution is 0.449. The lowest BCUT2D eigenvalue weighted by atomic mass is 9.96. The van der Waals surface area contributed by atoms with Gasteiger partial charge in [-0.2, -0.15) is 5.26 Å². The molecule has 0 aliphatic heterocycles. The molecule has 0 aromatic rings. The second-order valence-corrected chi connectivity index (χ2v) is 2.96. The molecule has 0 aliphatic rings. The Balaban J connectivity index is 3.40. The van der Waals surface area contributed by atoms with Crippen LogP contribution in [-0.2, 0) is 0 Å². The molecule has 0 amide bonds. The molecule has 0 rings (SSSR count). The SMILES string of the molecule is CC(C)(C#N)CNCCN. The Morgan fingerprint density at radius 3 is 2.60 bits per heavy atom. The van der Waals surface area contributed by atoms with E-state index in [0.29, 0.717) is 13.1 Å². The smallest absolute Gasteiger partial charge is 0.0697 e. The molecule has 3 nitrogen and oxygen atoms in total. The molecule has 0 bridgehead atoms. The molecule has 3 N–H and O–H groups in total. The summed E-state index contributed by atoms with van der Waals surface area (Å²) in [4.78, 5) is 0. The highest BCUT2D eigenvalue weighted by Gasteiger charge is 2.14. The van der Waals surface area contributed by atoms with Crippen molar-refractivity contribution in [1.82, 2.24) is 5.32 Å². The lowest BCUT2D eigenvalue weighted by Crippen LogP contribution is -2.31. The van der Waals surface area contributed by atoms with Gasteiger partial charge in [-0.15, -0.1) is 0 Å². The molecule has 0 aliphatic carbocycles. The van der Waals surface area contributed by atoms with Gasteiger partial charge in [0.25, 0.3) is 0 Å². The van der Waals surface area contributed by atoms with Crippen molar-refractivity contribution in [3.05, 3.63) is 0 Å². The van der Waals surface area contributed by atoms with E-state index >= 15 is 0 Å². The first-order chi connectivity index (χ1) is 4.62. The van der Waals surface area contributed by atoms with Crippen LogP contribution in [0.4, 0.5) is 0 Å². The molecule has 0 saturated carbocycles. The Labute approximate surface area is 62.2 Å². The third-order valence-corrected chi connectivity index (χ3v) is 1.19. The molecule has 0 spiro atoms. The van der Waals surface area contributed by atoms with Gasteiger partial charge in [0.2, 0.25) is 0 Å². The Morgan fingerprint density at radius 1 is 1.60 bits per heavy atom. The molecule has 3 heteroatoms. The largest absolute Gasteiger partial charge is 0.329 e. The number of nitriles is 1. The van der Waals surface area contributed by atoms with Crippen molar-refractivity contribution in [2.45, 2.75) is 13.8 Å². The van der Waals surface area contributed by atoms with Crippen LogP contribution in [0, 0.1) is 16.7 Å². The van der Waals surface area contributed by atoms with Crippen LogP contribution in [0.15, 0.2) is 0 Å². The highest BCUT2D eigenvalue weighted by molar-refractivity contribution is 4.93. The predicted molar refractivity (Wildman–Crippen MR) is 41.3 cm³/mol. The van der Waals surface area contributed by atoms with Crippen LogP contribution >= 0.6 is 0 Å². The molecule has 58 valence electrons. The van der Waals surface area contributed by atoms with Crippen LogP contribution in [0.2, 0.25) is 0 Å². The van der Waals surface area contributed by atoms with Crippen molar-refractivity contribution in [1.29, 1.82) is 5.26 Å². The maximum atomic E-state index is 8.57. The number of hydrogen-bond acceptors (Lipinski definition) is 3. The van der Waals surface area contributed by atoms with Gasteiger partial charge in [-0.1, -0.05) is 0 Å². The highest BCUT2D eigenvalue weighted by atomic mass is 14.9. The number of hydrogen-bond donors (Lipinski definition) is 2. The Morgan fingerprint density at radius 2 is 2.20 bits per heavy atom. The van der Waals surface area contributed by atoms with Crippen LogP contribution in [0.1, 0.15) is 13.8 Å². The van der Waals surface area contributed by atoms with E-state index < -0.39 is 0 Å². The van der Waals surface area contributed by atoms with Gasteiger partial charge in [-0.3, -0.25) is 0 Å². The fraction of sp³-hybridized carbons (Fsp3) is 0.857. The Hall–Kier alpha value is -0.590. The second kappa shape index (κ2) is 4.26. The summed E-state index contributed by atoms with van der Waals surface area (Å²) in [5.74, 6) is 0. The van der Waals surface area contributed by atoms with Gasteiger partial charge < -0.3 is 11.1 Å². The van der Waals surface area contributed by atoms with E-state index in [9.17, 15) is 0 Å². The highest BCUT2D eigenvalue weighted by Crippen LogP contribution is 2.09. The summed E-state index contributed by atoms with van der Waals surface area (Å²) >= 11 is 0. The molecule has 0 aromatic heterocycles. The molecular formula is C7H15N3. The molecule has 10 heavy (non-hydrogen) atoms. The molecule has 0 fully saturated rings. The molecule has 0 saturated heterocycles. The number of rotatable bonds is 4. The van der Waals surface area contributed by atoms with Crippen molar-refractivity contribution in [3.8, 4) is 6.07 Å². The summed E-state index contributed by atoms with van der Waals surface area (Å²) in [5.41, 5.74) is 4.99. The first-order valence-corrected chi connectivity index (χ1v) is 3.44. The summed E-state index contributed by atoms with van der Waals surface area (Å²) in [6, 6.07) is 2.20. The van der Waals surface area contributed by atoms with Crippen molar-refractivity contribution in [2.24, 2.45) is 11.1 Å². The quantitative estimate of drug-likeness (QED) is 0.545. The van der Waals surface area contributed by atoms with Gasteiger partial charge in [0.1, 0.15) is 0 Å². The standard InChI is InChI=1S/C7H15N3/c1-7(2,5-9)6-10-4-3-8/h10H,3-4,6,8H2,1-2H3. The molecule has 0 aromatic carbocycles. The minimum atomic E-state index is -0.269. The van der Waals surface area contributed by atoms with Crippen LogP contribution in [0.5, 0.6) is 0 Å². The van der Waals surface area contributed by atoms with E-state index in [-0.39, 0.29) is 5.41 Å². The first-order valence-electron chi connectivity index (χ1n) is 3.44. The Bertz CT molecular complexity index is 123. The molecule has 0 atom stereocenters. The summed E-state index contributed by atoms with van der Waals surface area (Å²) in [7, 11) is 0. The van der Waals surface area contributed by atoms with Crippen LogP contribution in [0.25, 0.3) is 0 Å². The van der Waals surface area contributed by atoms with Crippen molar-refractivity contribution < 1.29 is 0 Å². The topological polar surface area (TPSA) is 61.8 Å². The average molecular weight is 141 g/mol. The van der Waals surface area contributed by atoms with Crippen LogP contribution < -0.4 is 11.1 Å². The molecule has 0 heterocycles. The molecular weight excluding hydrogens is 126 g/mol. The number of nitrogens with zero attached hydrogens (tertiary/aromatic N) is 1. The summed E-state index contributed by atoms with van der Waals surface area (Å²) in [6.07, 6.45) is 0.